The number of hydrogen-bond donors (Lipinski definition) is 3. The average Bonchev–Trinajstić information content (AvgIpc) is 1.97. The van der Waals surface area contributed by atoms with Crippen LogP contribution in [0.2, 0.25) is 0 Å². The second-order valence-electron chi connectivity index (χ2n) is 3.58. The quantitative estimate of drug-likeness (QED) is 0.458. The summed E-state index contributed by atoms with van der Waals surface area (Å²) in [7, 11) is 0. The van der Waals surface area contributed by atoms with E-state index in [0.717, 1.165) is 0 Å². The highest BCUT2D eigenvalue weighted by atomic mass is 16.3. The third kappa shape index (κ3) is 1.55. The molecule has 0 amide bonds. The highest BCUT2D eigenvalue weighted by Crippen LogP contribution is 2.29. The van der Waals surface area contributed by atoms with Crippen molar-refractivity contribution >= 4 is 0 Å². The zero-order valence-corrected chi connectivity index (χ0v) is 6.94. The Morgan fingerprint density at radius 3 is 1.64 bits per heavy atom. The molecule has 3 nitrogen and oxygen atoms in total. The van der Waals surface area contributed by atoms with Crippen molar-refractivity contribution in [2.75, 3.05) is 0 Å². The van der Waals surface area contributed by atoms with Crippen molar-refractivity contribution in [1.29, 1.82) is 0 Å². The fraction of sp³-hybridized carbons (Fsp3) is 1.00. The minimum absolute atomic E-state index is 0.117. The Morgan fingerprint density at radius 2 is 1.27 bits per heavy atom. The van der Waals surface area contributed by atoms with E-state index in [0.29, 0.717) is 6.42 Å². The molecule has 1 aliphatic rings. The van der Waals surface area contributed by atoms with Gasteiger partial charge in [-0.25, -0.2) is 0 Å². The van der Waals surface area contributed by atoms with Gasteiger partial charge in [0.2, 0.25) is 0 Å². The largest absolute Gasteiger partial charge is 0.393 e. The van der Waals surface area contributed by atoms with Crippen LogP contribution < -0.4 is 0 Å². The van der Waals surface area contributed by atoms with Crippen molar-refractivity contribution in [2.24, 2.45) is 11.8 Å². The van der Waals surface area contributed by atoms with Gasteiger partial charge >= 0.3 is 0 Å². The van der Waals surface area contributed by atoms with Crippen LogP contribution in [0.1, 0.15) is 20.3 Å². The van der Waals surface area contributed by atoms with Crippen molar-refractivity contribution in [3.8, 4) is 0 Å². The molecule has 5 atom stereocenters. The summed E-state index contributed by atoms with van der Waals surface area (Å²) in [6.07, 6.45) is -1.31. The molecule has 0 aromatic carbocycles. The number of aliphatic hydroxyl groups is 3. The Hall–Kier alpha value is -0.120. The SMILES string of the molecule is C[C@@H]1C(O)[C@H](C)[C@@H](O)C[C@H]1O. The molecule has 0 aromatic heterocycles. The number of aliphatic hydroxyl groups excluding tert-OH is 3. The van der Waals surface area contributed by atoms with E-state index in [2.05, 4.69) is 0 Å². The normalized spacial score (nSPS) is 52.6. The van der Waals surface area contributed by atoms with Gasteiger partial charge in [0.05, 0.1) is 18.3 Å². The number of rotatable bonds is 0. The van der Waals surface area contributed by atoms with Crippen LogP contribution in [0.5, 0.6) is 0 Å². The van der Waals surface area contributed by atoms with Gasteiger partial charge < -0.3 is 15.3 Å². The van der Waals surface area contributed by atoms with Crippen LogP contribution >= 0.6 is 0 Å². The Balaban J connectivity index is 2.63. The van der Waals surface area contributed by atoms with Gasteiger partial charge in [-0.15, -0.1) is 0 Å². The molecule has 0 saturated heterocycles. The van der Waals surface area contributed by atoms with Gasteiger partial charge in [0.25, 0.3) is 0 Å². The molecule has 0 spiro atoms. The first-order valence-electron chi connectivity index (χ1n) is 4.08. The van der Waals surface area contributed by atoms with Crippen molar-refractivity contribution in [3.63, 3.8) is 0 Å². The first-order chi connectivity index (χ1) is 5.04. The maximum absolute atomic E-state index is 9.47. The molecular formula is C8H16O3. The number of hydrogen-bond acceptors (Lipinski definition) is 3. The maximum Gasteiger partial charge on any atom is 0.0640 e. The summed E-state index contributed by atoms with van der Waals surface area (Å²) in [5.74, 6) is -0.234. The standard InChI is InChI=1S/C8H16O3/c1-4-6(9)3-7(10)5(2)8(4)11/h4-11H,3H2,1-2H3/t4-,5+,6+,7-,8?. The van der Waals surface area contributed by atoms with E-state index in [1.54, 1.807) is 13.8 Å². The summed E-state index contributed by atoms with van der Waals surface area (Å²) in [6, 6.07) is 0. The van der Waals surface area contributed by atoms with Crippen LogP contribution in [-0.4, -0.2) is 33.6 Å². The molecule has 3 N–H and O–H groups in total. The average molecular weight is 160 g/mol. The molecular weight excluding hydrogens is 144 g/mol. The van der Waals surface area contributed by atoms with Crippen molar-refractivity contribution in [1.82, 2.24) is 0 Å². The third-order valence-corrected chi connectivity index (χ3v) is 2.77. The van der Waals surface area contributed by atoms with E-state index < -0.39 is 18.3 Å². The topological polar surface area (TPSA) is 60.7 Å². The van der Waals surface area contributed by atoms with Gasteiger partial charge in [-0.2, -0.15) is 0 Å². The Labute approximate surface area is 66.7 Å². The van der Waals surface area contributed by atoms with Gasteiger partial charge in [-0.1, -0.05) is 13.8 Å². The summed E-state index contributed by atoms with van der Waals surface area (Å²) in [6.45, 7) is 3.61. The minimum Gasteiger partial charge on any atom is -0.393 e. The first-order valence-corrected chi connectivity index (χ1v) is 4.08. The summed E-state index contributed by atoms with van der Waals surface area (Å²) in [4.78, 5) is 0. The molecule has 1 saturated carbocycles. The van der Waals surface area contributed by atoms with Gasteiger partial charge in [-0.05, 0) is 6.42 Å². The van der Waals surface area contributed by atoms with Crippen LogP contribution in [-0.2, 0) is 0 Å². The Kier molecular flexibility index (Phi) is 2.52. The van der Waals surface area contributed by atoms with Crippen molar-refractivity contribution < 1.29 is 15.3 Å². The van der Waals surface area contributed by atoms with E-state index in [1.807, 2.05) is 0 Å². The van der Waals surface area contributed by atoms with Gasteiger partial charge in [0.15, 0.2) is 0 Å². The van der Waals surface area contributed by atoms with Crippen LogP contribution in [0.25, 0.3) is 0 Å². The molecule has 1 fully saturated rings. The molecule has 0 aliphatic heterocycles. The lowest BCUT2D eigenvalue weighted by Crippen LogP contribution is -2.46. The monoisotopic (exact) mass is 160 g/mol. The molecule has 3 heteroatoms. The molecule has 0 radical (unpaired) electrons. The summed E-state index contributed by atoms with van der Waals surface area (Å²) < 4.78 is 0. The highest BCUT2D eigenvalue weighted by molar-refractivity contribution is 4.87. The van der Waals surface area contributed by atoms with Crippen LogP contribution in [0.15, 0.2) is 0 Å². The Morgan fingerprint density at radius 1 is 0.909 bits per heavy atom. The molecule has 0 bridgehead atoms. The molecule has 0 heterocycles. The fourth-order valence-electron chi connectivity index (χ4n) is 1.61. The third-order valence-electron chi connectivity index (χ3n) is 2.77. The summed E-state index contributed by atoms with van der Waals surface area (Å²) >= 11 is 0. The highest BCUT2D eigenvalue weighted by Gasteiger charge is 2.37. The van der Waals surface area contributed by atoms with E-state index in [9.17, 15) is 15.3 Å². The predicted molar refractivity (Wildman–Crippen MR) is 41.0 cm³/mol. The Bertz CT molecular complexity index is 123. The first kappa shape index (κ1) is 8.97. The second kappa shape index (κ2) is 3.09. The maximum atomic E-state index is 9.47. The lowest BCUT2D eigenvalue weighted by atomic mass is 9.77. The van der Waals surface area contributed by atoms with Crippen LogP contribution in [0.3, 0.4) is 0 Å². The van der Waals surface area contributed by atoms with E-state index in [-0.39, 0.29) is 11.8 Å². The molecule has 66 valence electrons. The molecule has 11 heavy (non-hydrogen) atoms. The predicted octanol–water partition coefficient (Wildman–Crippen LogP) is -0.255. The minimum atomic E-state index is -0.575. The van der Waals surface area contributed by atoms with Crippen molar-refractivity contribution in [2.45, 2.75) is 38.6 Å². The zero-order chi connectivity index (χ0) is 8.59. The molecule has 1 aliphatic carbocycles. The van der Waals surface area contributed by atoms with Crippen LogP contribution in [0.4, 0.5) is 0 Å². The van der Waals surface area contributed by atoms with E-state index in [4.69, 9.17) is 0 Å². The van der Waals surface area contributed by atoms with Gasteiger partial charge in [0, 0.05) is 11.8 Å². The second-order valence-corrected chi connectivity index (χ2v) is 3.58. The summed E-state index contributed by atoms with van der Waals surface area (Å²) in [5, 5.41) is 28.1. The lowest BCUT2D eigenvalue weighted by molar-refractivity contribution is -0.101. The van der Waals surface area contributed by atoms with Crippen LogP contribution in [0, 0.1) is 11.8 Å². The molecule has 1 unspecified atom stereocenters. The van der Waals surface area contributed by atoms with E-state index >= 15 is 0 Å². The van der Waals surface area contributed by atoms with Crippen molar-refractivity contribution in [3.05, 3.63) is 0 Å². The van der Waals surface area contributed by atoms with Gasteiger partial charge in [0.1, 0.15) is 0 Å². The molecule has 1 rings (SSSR count). The van der Waals surface area contributed by atoms with Gasteiger partial charge in [-0.3, -0.25) is 0 Å². The zero-order valence-electron chi connectivity index (χ0n) is 6.94. The summed E-state index contributed by atoms with van der Waals surface area (Å²) in [5.41, 5.74) is 0. The lowest BCUT2D eigenvalue weighted by Gasteiger charge is -2.37. The smallest absolute Gasteiger partial charge is 0.0640 e. The van der Waals surface area contributed by atoms with E-state index in [1.165, 1.54) is 0 Å². The fourth-order valence-corrected chi connectivity index (χ4v) is 1.61. The molecule has 0 aromatic rings.